The first-order valence-electron chi connectivity index (χ1n) is 11.9. The first-order valence-corrected chi connectivity index (χ1v) is 12.7. The molecular weight excluding hydrogens is 464 g/mol. The number of nitrogens with one attached hydrogen (secondary N) is 1. The molecule has 178 valence electrons. The summed E-state index contributed by atoms with van der Waals surface area (Å²) >= 11 is 1.49. The zero-order valence-electron chi connectivity index (χ0n) is 20.0. The van der Waals surface area contributed by atoms with Gasteiger partial charge in [-0.25, -0.2) is 0 Å². The van der Waals surface area contributed by atoms with Crippen LogP contribution in [0.15, 0.2) is 113 Å². The van der Waals surface area contributed by atoms with Gasteiger partial charge >= 0.3 is 0 Å². The molecule has 4 nitrogen and oxygen atoms in total. The Morgan fingerprint density at radius 2 is 1.56 bits per heavy atom. The van der Waals surface area contributed by atoms with Gasteiger partial charge in [0, 0.05) is 17.0 Å². The quantitative estimate of drug-likeness (QED) is 0.310. The molecule has 0 atom stereocenters. The van der Waals surface area contributed by atoms with Gasteiger partial charge in [0.1, 0.15) is 0 Å². The topological polar surface area (TPSA) is 49.4 Å². The molecule has 0 radical (unpaired) electrons. The number of anilines is 1. The van der Waals surface area contributed by atoms with Gasteiger partial charge in [0.05, 0.1) is 17.1 Å². The van der Waals surface area contributed by atoms with Crippen LogP contribution in [0.4, 0.5) is 5.69 Å². The van der Waals surface area contributed by atoms with Gasteiger partial charge in [-0.05, 0) is 59.5 Å². The number of nitrogens with zero attached hydrogens (tertiary/aromatic N) is 1. The summed E-state index contributed by atoms with van der Waals surface area (Å²) in [4.78, 5) is 29.7. The van der Waals surface area contributed by atoms with E-state index in [0.717, 1.165) is 32.8 Å². The van der Waals surface area contributed by atoms with Gasteiger partial charge in [-0.1, -0.05) is 90.6 Å². The zero-order chi connectivity index (χ0) is 24.9. The largest absolute Gasteiger partial charge is 0.348 e. The van der Waals surface area contributed by atoms with Gasteiger partial charge in [-0.3, -0.25) is 9.59 Å². The van der Waals surface area contributed by atoms with Crippen LogP contribution in [-0.4, -0.2) is 11.8 Å². The maximum atomic E-state index is 13.6. The van der Waals surface area contributed by atoms with Crippen LogP contribution in [0.3, 0.4) is 0 Å². The van der Waals surface area contributed by atoms with Crippen LogP contribution in [-0.2, 0) is 17.9 Å². The molecule has 1 aliphatic rings. The van der Waals surface area contributed by atoms with Crippen LogP contribution in [0.25, 0.3) is 6.08 Å². The molecule has 0 saturated carbocycles. The van der Waals surface area contributed by atoms with Crippen LogP contribution >= 0.6 is 11.8 Å². The highest BCUT2D eigenvalue weighted by Gasteiger charge is 2.29. The number of aryl methyl sites for hydroxylation is 1. The number of carbonyl (C=O) groups excluding carboxylic acids is 2. The van der Waals surface area contributed by atoms with Crippen LogP contribution in [0.5, 0.6) is 0 Å². The first-order chi connectivity index (χ1) is 17.6. The van der Waals surface area contributed by atoms with Crippen molar-refractivity contribution in [2.75, 3.05) is 4.90 Å². The number of rotatable bonds is 6. The van der Waals surface area contributed by atoms with Crippen molar-refractivity contribution in [2.45, 2.75) is 24.9 Å². The number of hydrogen-bond acceptors (Lipinski definition) is 3. The Bertz CT molecular complexity index is 1430. The van der Waals surface area contributed by atoms with Crippen LogP contribution in [0.2, 0.25) is 0 Å². The number of carbonyl (C=O) groups is 2. The number of amides is 2. The van der Waals surface area contributed by atoms with E-state index in [9.17, 15) is 9.59 Å². The lowest BCUT2D eigenvalue weighted by Crippen LogP contribution is -2.33. The van der Waals surface area contributed by atoms with Gasteiger partial charge in [-0.15, -0.1) is 0 Å². The highest BCUT2D eigenvalue weighted by molar-refractivity contribution is 8.04. The van der Waals surface area contributed by atoms with Gasteiger partial charge in [0.15, 0.2) is 0 Å². The van der Waals surface area contributed by atoms with Gasteiger partial charge in [-0.2, -0.15) is 0 Å². The minimum atomic E-state index is -0.125. The standard InChI is InChI=1S/C31H26N2O2S/c1-22-9-5-6-12-26(22)21-33-27-13-7-8-14-28(27)36-29(31(33)35)19-23-15-17-25(18-16-23)30(34)32-20-24-10-3-2-4-11-24/h2-19H,20-21H2,1H3,(H,32,34). The SMILES string of the molecule is Cc1ccccc1CN1C(=O)C(=Cc2ccc(C(=O)NCc3ccccc3)cc2)Sc2ccccc21. The van der Waals surface area contributed by atoms with Crippen molar-refractivity contribution in [2.24, 2.45) is 0 Å². The lowest BCUT2D eigenvalue weighted by Gasteiger charge is -2.31. The second kappa shape index (κ2) is 10.7. The van der Waals surface area contributed by atoms with Crippen molar-refractivity contribution in [1.82, 2.24) is 5.32 Å². The van der Waals surface area contributed by atoms with Crippen molar-refractivity contribution in [3.8, 4) is 0 Å². The van der Waals surface area contributed by atoms with E-state index in [1.54, 1.807) is 12.1 Å². The second-order valence-electron chi connectivity index (χ2n) is 8.69. The molecule has 0 bridgehead atoms. The minimum absolute atomic E-state index is 0.0216. The third-order valence-electron chi connectivity index (χ3n) is 6.19. The van der Waals surface area contributed by atoms with Crippen molar-refractivity contribution in [3.05, 3.63) is 136 Å². The molecule has 1 aliphatic heterocycles. The fraction of sp³-hybridized carbons (Fsp3) is 0.0968. The lowest BCUT2D eigenvalue weighted by atomic mass is 10.1. The minimum Gasteiger partial charge on any atom is -0.348 e. The van der Waals surface area contributed by atoms with E-state index in [-0.39, 0.29) is 11.8 Å². The fourth-order valence-corrected chi connectivity index (χ4v) is 5.20. The molecular formula is C31H26N2O2S. The van der Waals surface area contributed by atoms with Gasteiger partial charge < -0.3 is 10.2 Å². The Kier molecular flexibility index (Phi) is 7.01. The van der Waals surface area contributed by atoms with Crippen molar-refractivity contribution in [3.63, 3.8) is 0 Å². The third kappa shape index (κ3) is 5.26. The highest BCUT2D eigenvalue weighted by Crippen LogP contribution is 2.42. The lowest BCUT2D eigenvalue weighted by molar-refractivity contribution is -0.114. The summed E-state index contributed by atoms with van der Waals surface area (Å²) in [6, 6.07) is 33.3. The molecule has 1 heterocycles. The Morgan fingerprint density at radius 1 is 0.861 bits per heavy atom. The molecule has 2 amide bonds. The molecule has 5 heteroatoms. The monoisotopic (exact) mass is 490 g/mol. The first kappa shape index (κ1) is 23.6. The van der Waals surface area contributed by atoms with E-state index in [4.69, 9.17) is 0 Å². The summed E-state index contributed by atoms with van der Waals surface area (Å²) in [5.41, 5.74) is 5.72. The Hall–Kier alpha value is -4.09. The predicted octanol–water partition coefficient (Wildman–Crippen LogP) is 6.61. The molecule has 1 N–H and O–H groups in total. The number of thioether (sulfide) groups is 1. The summed E-state index contributed by atoms with van der Waals surface area (Å²) in [6.07, 6.45) is 1.90. The van der Waals surface area contributed by atoms with E-state index >= 15 is 0 Å². The van der Waals surface area contributed by atoms with Crippen LogP contribution < -0.4 is 10.2 Å². The molecule has 0 unspecified atom stereocenters. The molecule has 5 rings (SSSR count). The number of para-hydroxylation sites is 1. The third-order valence-corrected chi connectivity index (χ3v) is 7.27. The average Bonchev–Trinajstić information content (AvgIpc) is 2.91. The van der Waals surface area contributed by atoms with Gasteiger partial charge in [0.2, 0.25) is 0 Å². The van der Waals surface area contributed by atoms with E-state index in [0.29, 0.717) is 23.6 Å². The predicted molar refractivity (Wildman–Crippen MR) is 147 cm³/mol. The summed E-state index contributed by atoms with van der Waals surface area (Å²) in [7, 11) is 0. The summed E-state index contributed by atoms with van der Waals surface area (Å²) in [5, 5.41) is 2.95. The van der Waals surface area contributed by atoms with E-state index in [1.807, 2.05) is 89.8 Å². The zero-order valence-corrected chi connectivity index (χ0v) is 20.8. The number of fused-ring (bicyclic) bond motifs is 1. The van der Waals surface area contributed by atoms with E-state index < -0.39 is 0 Å². The Balaban J connectivity index is 1.35. The molecule has 36 heavy (non-hydrogen) atoms. The van der Waals surface area contributed by atoms with Gasteiger partial charge in [0.25, 0.3) is 11.8 Å². The number of benzene rings is 4. The molecule has 0 saturated heterocycles. The van der Waals surface area contributed by atoms with E-state index in [1.165, 1.54) is 11.8 Å². The molecule has 0 aromatic heterocycles. The molecule has 4 aromatic carbocycles. The molecule has 0 aliphatic carbocycles. The van der Waals surface area contributed by atoms with Crippen molar-refractivity contribution in [1.29, 1.82) is 0 Å². The fourth-order valence-electron chi connectivity index (χ4n) is 4.14. The number of hydrogen-bond donors (Lipinski definition) is 1. The molecule has 0 spiro atoms. The summed E-state index contributed by atoms with van der Waals surface area (Å²) < 4.78 is 0. The maximum absolute atomic E-state index is 13.6. The highest BCUT2D eigenvalue weighted by atomic mass is 32.2. The van der Waals surface area contributed by atoms with Crippen LogP contribution in [0, 0.1) is 6.92 Å². The Morgan fingerprint density at radius 3 is 2.33 bits per heavy atom. The second-order valence-corrected chi connectivity index (χ2v) is 9.77. The maximum Gasteiger partial charge on any atom is 0.265 e. The average molecular weight is 491 g/mol. The smallest absolute Gasteiger partial charge is 0.265 e. The van der Waals surface area contributed by atoms with Crippen LogP contribution in [0.1, 0.15) is 32.6 Å². The normalized spacial score (nSPS) is 14.0. The summed E-state index contributed by atoms with van der Waals surface area (Å²) in [5.74, 6) is -0.147. The van der Waals surface area contributed by atoms with Crippen molar-refractivity contribution >= 4 is 35.3 Å². The molecule has 0 fully saturated rings. The summed E-state index contributed by atoms with van der Waals surface area (Å²) in [6.45, 7) is 3.06. The van der Waals surface area contributed by atoms with E-state index in [2.05, 4.69) is 24.4 Å². The Labute approximate surface area is 215 Å². The molecule has 4 aromatic rings. The van der Waals surface area contributed by atoms with Crippen molar-refractivity contribution < 1.29 is 9.59 Å².